The molecule has 8 heteroatoms. The number of carbonyl (C=O) groups is 1. The molecule has 39 heavy (non-hydrogen) atoms. The summed E-state index contributed by atoms with van der Waals surface area (Å²) in [6.07, 6.45) is 8.19. The van der Waals surface area contributed by atoms with Gasteiger partial charge in [-0.3, -0.25) is 4.79 Å². The van der Waals surface area contributed by atoms with Crippen LogP contribution in [0.2, 0.25) is 0 Å². The molecular weight excluding hydrogens is 492 g/mol. The van der Waals surface area contributed by atoms with Gasteiger partial charge in [-0.2, -0.15) is 5.26 Å². The highest BCUT2D eigenvalue weighted by Crippen LogP contribution is 2.58. The fourth-order valence-electron chi connectivity index (χ4n) is 7.09. The van der Waals surface area contributed by atoms with Crippen molar-refractivity contribution in [3.05, 3.63) is 53.1 Å². The number of amides is 1. The summed E-state index contributed by atoms with van der Waals surface area (Å²) in [7, 11) is 0. The average Bonchev–Trinajstić information content (AvgIpc) is 3.52. The Morgan fingerprint density at radius 3 is 2.38 bits per heavy atom. The summed E-state index contributed by atoms with van der Waals surface area (Å²) >= 11 is 0. The van der Waals surface area contributed by atoms with Crippen LogP contribution in [0.25, 0.3) is 5.57 Å². The van der Waals surface area contributed by atoms with E-state index in [1.54, 1.807) is 0 Å². The minimum Gasteiger partial charge on any atom is -0.363 e. The van der Waals surface area contributed by atoms with Crippen LogP contribution in [-0.2, 0) is 14.2 Å². The van der Waals surface area contributed by atoms with Crippen molar-refractivity contribution in [3.8, 4) is 6.07 Å². The molecular formula is C31H38N4O4. The highest BCUT2D eigenvalue weighted by atomic mass is 16.8. The van der Waals surface area contributed by atoms with Crippen LogP contribution in [0, 0.1) is 16.7 Å². The molecule has 2 N–H and O–H groups in total. The van der Waals surface area contributed by atoms with Gasteiger partial charge in [-0.1, -0.05) is 26.0 Å². The van der Waals surface area contributed by atoms with Gasteiger partial charge in [0.05, 0.1) is 17.4 Å². The molecule has 1 aliphatic carbocycles. The number of nitrogens with one attached hydrogen (secondary N) is 2. The summed E-state index contributed by atoms with van der Waals surface area (Å²) in [6, 6.07) is 8.37. The van der Waals surface area contributed by atoms with E-state index in [0.717, 1.165) is 43.4 Å². The molecule has 1 aromatic carbocycles. The molecule has 3 fully saturated rings. The fourth-order valence-corrected chi connectivity index (χ4v) is 7.09. The lowest BCUT2D eigenvalue weighted by Gasteiger charge is -2.43. The van der Waals surface area contributed by atoms with E-state index in [4.69, 9.17) is 19.5 Å². The van der Waals surface area contributed by atoms with E-state index < -0.39 is 17.0 Å². The van der Waals surface area contributed by atoms with Crippen molar-refractivity contribution in [2.75, 3.05) is 5.32 Å². The van der Waals surface area contributed by atoms with E-state index in [-0.39, 0.29) is 41.0 Å². The number of carbonyl (C=O) groups excluding carboxylic acids is 1. The first-order valence-corrected chi connectivity index (χ1v) is 14.0. The molecule has 3 aliphatic heterocycles. The number of fused-ring (bicyclic) bond motifs is 5. The summed E-state index contributed by atoms with van der Waals surface area (Å²) in [5.41, 5.74) is 3.93. The Kier molecular flexibility index (Phi) is 5.89. The molecule has 1 amide bonds. The lowest BCUT2D eigenvalue weighted by molar-refractivity contribution is -0.242. The minimum absolute atomic E-state index is 0.101. The Balaban J connectivity index is 1.33. The van der Waals surface area contributed by atoms with Crippen LogP contribution in [-0.4, -0.2) is 45.1 Å². The van der Waals surface area contributed by atoms with Crippen molar-refractivity contribution in [1.29, 1.82) is 5.26 Å². The van der Waals surface area contributed by atoms with Crippen LogP contribution < -0.4 is 5.32 Å². The van der Waals surface area contributed by atoms with E-state index in [0.29, 0.717) is 0 Å². The molecule has 0 radical (unpaired) electrons. The SMILES string of the molecule is CC1(C)CC=C(c2cc(C3C[C@@]4(C)O[C@@](C)(C3)[C@@H]3OC(C)(C)OC34)ccc2NC(=O)c2ncc(C#N)[nH]2)CC1. The smallest absolute Gasteiger partial charge is 0.291 e. The second-order valence-electron chi connectivity index (χ2n) is 13.4. The number of benzene rings is 1. The Morgan fingerprint density at radius 1 is 1.10 bits per heavy atom. The number of hydrogen-bond acceptors (Lipinski definition) is 6. The van der Waals surface area contributed by atoms with Gasteiger partial charge in [-0.25, -0.2) is 4.98 Å². The standard InChI is InChI=1S/C31H38N4O4/c1-28(2)11-9-18(10-12-28)22-13-19(7-8-23(22)35-27(36)26-33-17-21(16-32)34-26)20-14-30(5)24-25(31(6,15-20)39-30)38-29(3,4)37-24/h7-9,13,17,20,24-25H,10-12,14-15H2,1-6H3,(H,33,34)(H,35,36)/t20?,24-,25?,30+,31-/m1/s1. The van der Waals surface area contributed by atoms with Crippen molar-refractivity contribution < 1.29 is 19.0 Å². The third kappa shape index (κ3) is 4.61. The largest absolute Gasteiger partial charge is 0.363 e. The van der Waals surface area contributed by atoms with Crippen LogP contribution in [0.15, 0.2) is 30.5 Å². The Hall–Kier alpha value is -2.99. The number of anilines is 1. The molecule has 3 saturated heterocycles. The van der Waals surface area contributed by atoms with Gasteiger partial charge in [0.2, 0.25) is 0 Å². The van der Waals surface area contributed by atoms with Crippen molar-refractivity contribution in [2.45, 2.75) is 109 Å². The average molecular weight is 531 g/mol. The number of nitrogens with zero attached hydrogens (tertiary/aromatic N) is 2. The van der Waals surface area contributed by atoms with E-state index in [1.165, 1.54) is 17.3 Å². The van der Waals surface area contributed by atoms with Gasteiger partial charge in [0, 0.05) is 11.3 Å². The van der Waals surface area contributed by atoms with Gasteiger partial charge in [-0.05, 0) is 94.4 Å². The third-order valence-electron chi connectivity index (χ3n) is 9.06. The Bertz CT molecular complexity index is 1370. The fraction of sp³-hybridized carbons (Fsp3) is 0.581. The van der Waals surface area contributed by atoms with Crippen molar-refractivity contribution in [3.63, 3.8) is 0 Å². The van der Waals surface area contributed by atoms with Crippen molar-refractivity contribution >= 4 is 17.2 Å². The van der Waals surface area contributed by atoms with E-state index in [9.17, 15) is 4.79 Å². The molecule has 0 saturated carbocycles. The molecule has 2 bridgehead atoms. The highest BCUT2D eigenvalue weighted by Gasteiger charge is 2.68. The maximum absolute atomic E-state index is 13.0. The Labute approximate surface area is 230 Å². The molecule has 5 atom stereocenters. The van der Waals surface area contributed by atoms with Gasteiger partial charge >= 0.3 is 0 Å². The van der Waals surface area contributed by atoms with Gasteiger partial charge in [0.1, 0.15) is 24.0 Å². The first-order chi connectivity index (χ1) is 18.3. The van der Waals surface area contributed by atoms with Gasteiger partial charge in [0.15, 0.2) is 11.6 Å². The molecule has 6 rings (SSSR count). The number of allylic oxidation sites excluding steroid dienone is 2. The van der Waals surface area contributed by atoms with Crippen LogP contribution in [0.5, 0.6) is 0 Å². The molecule has 0 spiro atoms. The topological polar surface area (TPSA) is 109 Å². The number of ether oxygens (including phenoxy) is 3. The van der Waals surface area contributed by atoms with Gasteiger partial charge in [-0.15, -0.1) is 0 Å². The van der Waals surface area contributed by atoms with Crippen LogP contribution in [0.1, 0.15) is 107 Å². The second-order valence-corrected chi connectivity index (χ2v) is 13.4. The quantitative estimate of drug-likeness (QED) is 0.496. The summed E-state index contributed by atoms with van der Waals surface area (Å²) in [6.45, 7) is 12.9. The van der Waals surface area contributed by atoms with Crippen LogP contribution in [0.3, 0.4) is 0 Å². The summed E-state index contributed by atoms with van der Waals surface area (Å²) in [5, 5.41) is 12.2. The van der Waals surface area contributed by atoms with E-state index in [1.807, 2.05) is 26.0 Å². The monoisotopic (exact) mass is 530 g/mol. The summed E-state index contributed by atoms with van der Waals surface area (Å²) in [4.78, 5) is 19.9. The maximum atomic E-state index is 13.0. The van der Waals surface area contributed by atoms with Crippen LogP contribution in [0.4, 0.5) is 5.69 Å². The Morgan fingerprint density at radius 2 is 1.79 bits per heavy atom. The maximum Gasteiger partial charge on any atom is 0.291 e. The summed E-state index contributed by atoms with van der Waals surface area (Å²) in [5.74, 6) is -0.583. The number of H-pyrrole nitrogens is 1. The highest BCUT2D eigenvalue weighted by molar-refractivity contribution is 6.03. The number of aromatic amines is 1. The number of hydrogen-bond donors (Lipinski definition) is 2. The van der Waals surface area contributed by atoms with E-state index >= 15 is 0 Å². The zero-order valence-electron chi connectivity index (χ0n) is 23.7. The predicted octanol–water partition coefficient (Wildman–Crippen LogP) is 6.07. The van der Waals surface area contributed by atoms with Crippen LogP contribution >= 0.6 is 0 Å². The normalized spacial score (nSPS) is 34.2. The number of nitriles is 1. The number of rotatable bonds is 4. The lowest BCUT2D eigenvalue weighted by atomic mass is 9.75. The number of aromatic nitrogens is 2. The molecule has 206 valence electrons. The van der Waals surface area contributed by atoms with Crippen molar-refractivity contribution in [2.24, 2.45) is 5.41 Å². The zero-order valence-corrected chi connectivity index (χ0v) is 23.7. The van der Waals surface area contributed by atoms with Gasteiger partial charge in [0.25, 0.3) is 5.91 Å². The lowest BCUT2D eigenvalue weighted by Crippen LogP contribution is -2.46. The molecule has 2 unspecified atom stereocenters. The first kappa shape index (κ1) is 26.2. The van der Waals surface area contributed by atoms with Gasteiger partial charge < -0.3 is 24.5 Å². The first-order valence-electron chi connectivity index (χ1n) is 14.0. The summed E-state index contributed by atoms with van der Waals surface area (Å²) < 4.78 is 19.4. The molecule has 4 aliphatic rings. The molecule has 2 aromatic rings. The predicted molar refractivity (Wildman–Crippen MR) is 147 cm³/mol. The molecule has 8 nitrogen and oxygen atoms in total. The third-order valence-corrected chi connectivity index (χ3v) is 9.06. The zero-order chi connectivity index (χ0) is 27.8. The van der Waals surface area contributed by atoms with E-state index in [2.05, 4.69) is 61.2 Å². The number of imidazole rings is 1. The molecule has 4 heterocycles. The van der Waals surface area contributed by atoms with Crippen molar-refractivity contribution in [1.82, 2.24) is 9.97 Å². The second kappa shape index (κ2) is 8.76. The minimum atomic E-state index is -0.606. The molecule has 1 aromatic heterocycles.